The first-order chi connectivity index (χ1) is 8.15. The molecule has 0 radical (unpaired) electrons. The van der Waals surface area contributed by atoms with Crippen LogP contribution in [0.5, 0.6) is 0 Å². The highest BCUT2D eigenvalue weighted by Crippen LogP contribution is 2.15. The van der Waals surface area contributed by atoms with Gasteiger partial charge in [0.25, 0.3) is 0 Å². The summed E-state index contributed by atoms with van der Waals surface area (Å²) in [6.07, 6.45) is 2.67. The molecule has 0 amide bonds. The lowest BCUT2D eigenvalue weighted by Crippen LogP contribution is -2.37. The van der Waals surface area contributed by atoms with E-state index in [0.29, 0.717) is 12.1 Å². The molecule has 1 aromatic rings. The monoisotopic (exact) mass is 233 g/mol. The minimum absolute atomic E-state index is 0.403. The standard InChI is InChI=1S/C15H23NO/c1-11-4-5-12(2)14(8-11)10-16-15-6-7-17-13(3)9-15/h4-5,8,13,15-16H,6-7,9-10H2,1-3H3. The Labute approximate surface area is 104 Å². The summed E-state index contributed by atoms with van der Waals surface area (Å²) in [6, 6.07) is 7.28. The lowest BCUT2D eigenvalue weighted by Gasteiger charge is -2.28. The van der Waals surface area contributed by atoms with Gasteiger partial charge in [-0.15, -0.1) is 0 Å². The quantitative estimate of drug-likeness (QED) is 0.866. The molecule has 2 atom stereocenters. The maximum Gasteiger partial charge on any atom is 0.0561 e. The summed E-state index contributed by atoms with van der Waals surface area (Å²) in [6.45, 7) is 8.37. The van der Waals surface area contributed by atoms with Crippen molar-refractivity contribution < 1.29 is 4.74 Å². The Balaban J connectivity index is 1.90. The van der Waals surface area contributed by atoms with Gasteiger partial charge in [0.2, 0.25) is 0 Å². The molecule has 1 aliphatic heterocycles. The minimum atomic E-state index is 0.403. The fourth-order valence-corrected chi connectivity index (χ4v) is 2.43. The van der Waals surface area contributed by atoms with Gasteiger partial charge in [0.1, 0.15) is 0 Å². The zero-order chi connectivity index (χ0) is 12.3. The molecule has 2 rings (SSSR count). The van der Waals surface area contributed by atoms with Gasteiger partial charge < -0.3 is 10.1 Å². The maximum absolute atomic E-state index is 5.56. The van der Waals surface area contributed by atoms with E-state index in [1.165, 1.54) is 16.7 Å². The highest BCUT2D eigenvalue weighted by molar-refractivity contribution is 5.30. The summed E-state index contributed by atoms with van der Waals surface area (Å²) in [5, 5.41) is 3.66. The summed E-state index contributed by atoms with van der Waals surface area (Å²) in [7, 11) is 0. The molecule has 0 bridgehead atoms. The minimum Gasteiger partial charge on any atom is -0.378 e. The van der Waals surface area contributed by atoms with Crippen LogP contribution in [-0.2, 0) is 11.3 Å². The molecular formula is C15H23NO. The third-order valence-corrected chi connectivity index (χ3v) is 3.57. The van der Waals surface area contributed by atoms with Crippen LogP contribution in [0.3, 0.4) is 0 Å². The number of aryl methyl sites for hydroxylation is 2. The van der Waals surface area contributed by atoms with Crippen molar-refractivity contribution >= 4 is 0 Å². The summed E-state index contributed by atoms with van der Waals surface area (Å²) in [5.41, 5.74) is 4.14. The largest absolute Gasteiger partial charge is 0.378 e. The van der Waals surface area contributed by atoms with E-state index in [1.807, 2.05) is 0 Å². The SMILES string of the molecule is Cc1ccc(C)c(CNC2CCOC(C)C2)c1. The highest BCUT2D eigenvalue weighted by atomic mass is 16.5. The fraction of sp³-hybridized carbons (Fsp3) is 0.600. The van der Waals surface area contributed by atoms with Crippen LogP contribution in [0.2, 0.25) is 0 Å². The zero-order valence-electron chi connectivity index (χ0n) is 11.1. The molecule has 1 N–H and O–H groups in total. The van der Waals surface area contributed by atoms with Crippen molar-refractivity contribution in [1.82, 2.24) is 5.32 Å². The van der Waals surface area contributed by atoms with Crippen molar-refractivity contribution in [2.24, 2.45) is 0 Å². The number of ether oxygens (including phenoxy) is 1. The first-order valence-corrected chi connectivity index (χ1v) is 6.56. The Morgan fingerprint density at radius 2 is 2.18 bits per heavy atom. The fourth-order valence-electron chi connectivity index (χ4n) is 2.43. The Morgan fingerprint density at radius 1 is 1.35 bits per heavy atom. The molecule has 2 nitrogen and oxygen atoms in total. The predicted octanol–water partition coefficient (Wildman–Crippen LogP) is 2.96. The number of rotatable bonds is 3. The van der Waals surface area contributed by atoms with E-state index < -0.39 is 0 Å². The summed E-state index contributed by atoms with van der Waals surface area (Å²) in [5.74, 6) is 0. The van der Waals surface area contributed by atoms with Crippen LogP contribution in [0, 0.1) is 13.8 Å². The molecule has 1 aromatic carbocycles. The van der Waals surface area contributed by atoms with Crippen molar-refractivity contribution in [3.05, 3.63) is 34.9 Å². The van der Waals surface area contributed by atoms with E-state index in [1.54, 1.807) is 0 Å². The first-order valence-electron chi connectivity index (χ1n) is 6.56. The number of hydrogen-bond donors (Lipinski definition) is 1. The van der Waals surface area contributed by atoms with Gasteiger partial charge in [-0.3, -0.25) is 0 Å². The molecule has 2 heteroatoms. The van der Waals surface area contributed by atoms with E-state index >= 15 is 0 Å². The number of nitrogens with one attached hydrogen (secondary N) is 1. The average molecular weight is 233 g/mol. The van der Waals surface area contributed by atoms with Crippen LogP contribution in [0.4, 0.5) is 0 Å². The van der Waals surface area contributed by atoms with E-state index in [2.05, 4.69) is 44.3 Å². The Bertz CT molecular complexity index is 375. The third kappa shape index (κ3) is 3.55. The lowest BCUT2D eigenvalue weighted by molar-refractivity contribution is 0.0130. The molecule has 94 valence electrons. The molecular weight excluding hydrogens is 210 g/mol. The third-order valence-electron chi connectivity index (χ3n) is 3.57. The smallest absolute Gasteiger partial charge is 0.0561 e. The molecule has 17 heavy (non-hydrogen) atoms. The van der Waals surface area contributed by atoms with Gasteiger partial charge in [-0.2, -0.15) is 0 Å². The predicted molar refractivity (Wildman–Crippen MR) is 71.2 cm³/mol. The molecule has 1 saturated heterocycles. The van der Waals surface area contributed by atoms with Crippen LogP contribution >= 0.6 is 0 Å². The van der Waals surface area contributed by atoms with Gasteiger partial charge >= 0.3 is 0 Å². The van der Waals surface area contributed by atoms with Crippen molar-refractivity contribution in [3.63, 3.8) is 0 Å². The molecule has 0 aliphatic carbocycles. The Hall–Kier alpha value is -0.860. The first kappa shape index (κ1) is 12.6. The molecule has 1 aliphatic rings. The van der Waals surface area contributed by atoms with Gasteiger partial charge in [0.05, 0.1) is 6.10 Å². The molecule has 0 saturated carbocycles. The highest BCUT2D eigenvalue weighted by Gasteiger charge is 2.18. The van der Waals surface area contributed by atoms with Crippen LogP contribution in [-0.4, -0.2) is 18.8 Å². The van der Waals surface area contributed by atoms with Gasteiger partial charge in [-0.25, -0.2) is 0 Å². The van der Waals surface area contributed by atoms with E-state index in [-0.39, 0.29) is 0 Å². The molecule has 0 aromatic heterocycles. The van der Waals surface area contributed by atoms with E-state index in [0.717, 1.165) is 26.0 Å². The van der Waals surface area contributed by atoms with Crippen LogP contribution < -0.4 is 5.32 Å². The number of hydrogen-bond acceptors (Lipinski definition) is 2. The van der Waals surface area contributed by atoms with Crippen molar-refractivity contribution in [2.75, 3.05) is 6.61 Å². The van der Waals surface area contributed by atoms with Crippen LogP contribution in [0.25, 0.3) is 0 Å². The molecule has 0 spiro atoms. The van der Waals surface area contributed by atoms with Crippen LogP contribution in [0.15, 0.2) is 18.2 Å². The molecule has 2 unspecified atom stereocenters. The van der Waals surface area contributed by atoms with Gasteiger partial charge in [0.15, 0.2) is 0 Å². The van der Waals surface area contributed by atoms with E-state index in [4.69, 9.17) is 4.74 Å². The maximum atomic E-state index is 5.56. The second-order valence-corrected chi connectivity index (χ2v) is 5.21. The van der Waals surface area contributed by atoms with E-state index in [9.17, 15) is 0 Å². The second-order valence-electron chi connectivity index (χ2n) is 5.21. The normalized spacial score (nSPS) is 24.9. The molecule has 1 heterocycles. The Kier molecular flexibility index (Phi) is 4.19. The summed E-state index contributed by atoms with van der Waals surface area (Å²) in [4.78, 5) is 0. The van der Waals surface area contributed by atoms with Gasteiger partial charge in [-0.05, 0) is 44.7 Å². The van der Waals surface area contributed by atoms with Gasteiger partial charge in [-0.1, -0.05) is 23.8 Å². The molecule has 1 fully saturated rings. The topological polar surface area (TPSA) is 21.3 Å². The number of benzene rings is 1. The summed E-state index contributed by atoms with van der Waals surface area (Å²) >= 11 is 0. The Morgan fingerprint density at radius 3 is 2.94 bits per heavy atom. The van der Waals surface area contributed by atoms with Gasteiger partial charge in [0, 0.05) is 19.2 Å². The van der Waals surface area contributed by atoms with Crippen molar-refractivity contribution in [1.29, 1.82) is 0 Å². The van der Waals surface area contributed by atoms with Crippen molar-refractivity contribution in [2.45, 2.75) is 52.3 Å². The summed E-state index contributed by atoms with van der Waals surface area (Å²) < 4.78 is 5.56. The van der Waals surface area contributed by atoms with Crippen LogP contribution in [0.1, 0.15) is 36.5 Å². The van der Waals surface area contributed by atoms with Crippen molar-refractivity contribution in [3.8, 4) is 0 Å². The second kappa shape index (κ2) is 5.65. The average Bonchev–Trinajstić information content (AvgIpc) is 2.30. The lowest BCUT2D eigenvalue weighted by atomic mass is 10.0. The zero-order valence-corrected chi connectivity index (χ0v) is 11.1.